The fourth-order valence-corrected chi connectivity index (χ4v) is 4.91. The number of carbonyl (C=O) groups excluding carboxylic acids is 1. The number of benzene rings is 2. The lowest BCUT2D eigenvalue weighted by Crippen LogP contribution is -2.50. The number of aryl methyl sites for hydroxylation is 1. The molecule has 150 valence electrons. The Bertz CT molecular complexity index is 970. The number of rotatable bonds is 5. The van der Waals surface area contributed by atoms with E-state index in [1.165, 1.54) is 10.4 Å². The molecular weight excluding hydrogens is 398 g/mol. The van der Waals surface area contributed by atoms with E-state index in [9.17, 15) is 13.2 Å². The molecule has 1 aliphatic heterocycles. The highest BCUT2D eigenvalue weighted by Gasteiger charge is 2.29. The Kier molecular flexibility index (Phi) is 6.40. The first-order valence-corrected chi connectivity index (χ1v) is 10.9. The predicted octanol–water partition coefficient (Wildman–Crippen LogP) is 2.90. The van der Waals surface area contributed by atoms with E-state index in [1.807, 2.05) is 36.9 Å². The second-order valence-corrected chi connectivity index (χ2v) is 9.31. The number of nitrogens with zero attached hydrogens (tertiary/aromatic N) is 2. The van der Waals surface area contributed by atoms with Crippen molar-refractivity contribution in [2.24, 2.45) is 0 Å². The van der Waals surface area contributed by atoms with Crippen LogP contribution in [-0.2, 0) is 14.8 Å². The Morgan fingerprint density at radius 3 is 2.43 bits per heavy atom. The lowest BCUT2D eigenvalue weighted by atomic mass is 10.1. The van der Waals surface area contributed by atoms with Crippen LogP contribution in [-0.4, -0.2) is 56.3 Å². The van der Waals surface area contributed by atoms with Gasteiger partial charge in [0.25, 0.3) is 0 Å². The highest BCUT2D eigenvalue weighted by molar-refractivity contribution is 7.89. The quantitative estimate of drug-likeness (QED) is 0.805. The molecule has 1 heterocycles. The largest absolute Gasteiger partial charge is 0.325 e. The monoisotopic (exact) mass is 421 g/mol. The first-order chi connectivity index (χ1) is 13.3. The minimum absolute atomic E-state index is 0.0974. The summed E-state index contributed by atoms with van der Waals surface area (Å²) in [5.74, 6) is -0.0974. The van der Waals surface area contributed by atoms with Crippen LogP contribution in [0.4, 0.5) is 5.69 Å². The summed E-state index contributed by atoms with van der Waals surface area (Å²) in [6, 6.07) is 12.1. The summed E-state index contributed by atoms with van der Waals surface area (Å²) in [6.07, 6.45) is 0. The number of sulfonamides is 1. The van der Waals surface area contributed by atoms with Gasteiger partial charge in [-0.15, -0.1) is 0 Å². The highest BCUT2D eigenvalue weighted by atomic mass is 35.5. The number of hydrogen-bond acceptors (Lipinski definition) is 4. The van der Waals surface area contributed by atoms with Gasteiger partial charge in [-0.05, 0) is 49.2 Å². The van der Waals surface area contributed by atoms with Gasteiger partial charge in [0.2, 0.25) is 15.9 Å². The van der Waals surface area contributed by atoms with Crippen molar-refractivity contribution in [2.45, 2.75) is 18.7 Å². The summed E-state index contributed by atoms with van der Waals surface area (Å²) in [5, 5.41) is 3.34. The van der Waals surface area contributed by atoms with Crippen LogP contribution in [0.5, 0.6) is 0 Å². The van der Waals surface area contributed by atoms with Crippen molar-refractivity contribution in [1.82, 2.24) is 9.21 Å². The van der Waals surface area contributed by atoms with E-state index in [-0.39, 0.29) is 17.3 Å². The van der Waals surface area contributed by atoms with Crippen LogP contribution in [0.2, 0.25) is 5.02 Å². The van der Waals surface area contributed by atoms with E-state index in [1.54, 1.807) is 18.2 Å². The average molecular weight is 422 g/mol. The van der Waals surface area contributed by atoms with Crippen LogP contribution in [0.15, 0.2) is 47.4 Å². The second-order valence-electron chi connectivity index (χ2n) is 6.93. The van der Waals surface area contributed by atoms with Gasteiger partial charge in [0, 0.05) is 36.9 Å². The second kappa shape index (κ2) is 8.61. The van der Waals surface area contributed by atoms with Gasteiger partial charge in [0.15, 0.2) is 0 Å². The van der Waals surface area contributed by atoms with Crippen LogP contribution in [0.3, 0.4) is 0 Å². The van der Waals surface area contributed by atoms with Gasteiger partial charge >= 0.3 is 0 Å². The third-order valence-corrected chi connectivity index (χ3v) is 7.14. The molecule has 0 aromatic heterocycles. The average Bonchev–Trinajstić information content (AvgIpc) is 2.66. The number of halogens is 1. The third kappa shape index (κ3) is 4.72. The highest BCUT2D eigenvalue weighted by Crippen LogP contribution is 2.21. The summed E-state index contributed by atoms with van der Waals surface area (Å²) in [5.41, 5.74) is 2.98. The van der Waals surface area contributed by atoms with Gasteiger partial charge in [-0.1, -0.05) is 29.8 Å². The molecule has 0 spiro atoms. The molecule has 1 saturated heterocycles. The van der Waals surface area contributed by atoms with Gasteiger partial charge in [-0.25, -0.2) is 8.42 Å². The zero-order chi connectivity index (χ0) is 20.3. The molecule has 0 atom stereocenters. The van der Waals surface area contributed by atoms with Gasteiger partial charge in [-0.2, -0.15) is 4.31 Å². The Labute approximate surface area is 171 Å². The minimum Gasteiger partial charge on any atom is -0.325 e. The number of piperazine rings is 1. The van der Waals surface area contributed by atoms with Crippen molar-refractivity contribution in [1.29, 1.82) is 0 Å². The Morgan fingerprint density at radius 1 is 1.07 bits per heavy atom. The molecule has 0 aliphatic carbocycles. The van der Waals surface area contributed by atoms with E-state index < -0.39 is 10.0 Å². The van der Waals surface area contributed by atoms with Crippen molar-refractivity contribution < 1.29 is 13.2 Å². The fourth-order valence-electron chi connectivity index (χ4n) is 3.18. The normalized spacial score (nSPS) is 16.1. The molecule has 28 heavy (non-hydrogen) atoms. The fraction of sp³-hybridized carbons (Fsp3) is 0.350. The lowest BCUT2D eigenvalue weighted by molar-refractivity contribution is -0.117. The number of hydrogen-bond donors (Lipinski definition) is 1. The van der Waals surface area contributed by atoms with Gasteiger partial charge < -0.3 is 5.32 Å². The van der Waals surface area contributed by atoms with Gasteiger partial charge in [-0.3, -0.25) is 9.69 Å². The Morgan fingerprint density at radius 2 is 1.75 bits per heavy atom. The lowest BCUT2D eigenvalue weighted by Gasteiger charge is -2.33. The summed E-state index contributed by atoms with van der Waals surface area (Å²) in [6.45, 7) is 5.89. The summed E-state index contributed by atoms with van der Waals surface area (Å²) in [7, 11) is -3.57. The molecule has 1 fully saturated rings. The van der Waals surface area contributed by atoms with Crippen LogP contribution < -0.4 is 5.32 Å². The van der Waals surface area contributed by atoms with Crippen LogP contribution in [0, 0.1) is 13.8 Å². The first-order valence-electron chi connectivity index (χ1n) is 9.11. The molecule has 0 saturated carbocycles. The van der Waals surface area contributed by atoms with E-state index in [0.717, 1.165) is 16.8 Å². The third-order valence-electron chi connectivity index (χ3n) is 5.01. The number of nitrogens with one attached hydrogen (secondary N) is 1. The van der Waals surface area contributed by atoms with Crippen LogP contribution in [0.1, 0.15) is 11.1 Å². The van der Waals surface area contributed by atoms with E-state index in [0.29, 0.717) is 31.2 Å². The molecule has 1 aliphatic rings. The molecule has 6 nitrogen and oxygen atoms in total. The maximum absolute atomic E-state index is 12.7. The topological polar surface area (TPSA) is 69.7 Å². The molecule has 2 aromatic rings. The number of anilines is 1. The van der Waals surface area contributed by atoms with E-state index >= 15 is 0 Å². The van der Waals surface area contributed by atoms with Crippen molar-refractivity contribution in [3.63, 3.8) is 0 Å². The van der Waals surface area contributed by atoms with Crippen LogP contribution >= 0.6 is 11.6 Å². The molecule has 0 bridgehead atoms. The zero-order valence-corrected chi connectivity index (χ0v) is 17.6. The molecule has 8 heteroatoms. The summed E-state index contributed by atoms with van der Waals surface area (Å²) >= 11 is 5.92. The van der Waals surface area contributed by atoms with Crippen molar-refractivity contribution in [3.8, 4) is 0 Å². The predicted molar refractivity (Wildman–Crippen MR) is 111 cm³/mol. The molecule has 0 unspecified atom stereocenters. The maximum Gasteiger partial charge on any atom is 0.243 e. The van der Waals surface area contributed by atoms with Crippen molar-refractivity contribution in [3.05, 3.63) is 58.6 Å². The molecule has 1 N–H and O–H groups in total. The summed E-state index contributed by atoms with van der Waals surface area (Å²) in [4.78, 5) is 14.5. The standard InChI is InChI=1S/C20H24ClN3O3S/c1-15-5-3-8-19(16(15)2)22-20(25)14-23-9-11-24(12-10-23)28(26,27)18-7-4-6-17(21)13-18/h3-8,13H,9-12,14H2,1-2H3,(H,22,25). The molecule has 1 amide bonds. The minimum atomic E-state index is -3.57. The first kappa shape index (κ1) is 20.8. The maximum atomic E-state index is 12.7. The van der Waals surface area contributed by atoms with Crippen molar-refractivity contribution in [2.75, 3.05) is 38.0 Å². The van der Waals surface area contributed by atoms with E-state index in [2.05, 4.69) is 5.32 Å². The molecule has 3 rings (SSSR count). The number of amides is 1. The SMILES string of the molecule is Cc1cccc(NC(=O)CN2CCN(S(=O)(=O)c3cccc(Cl)c3)CC2)c1C. The van der Waals surface area contributed by atoms with E-state index in [4.69, 9.17) is 11.6 Å². The van der Waals surface area contributed by atoms with Crippen molar-refractivity contribution >= 4 is 33.2 Å². The van der Waals surface area contributed by atoms with Gasteiger partial charge in [0.1, 0.15) is 0 Å². The number of carbonyl (C=O) groups is 1. The summed E-state index contributed by atoms with van der Waals surface area (Å²) < 4.78 is 26.9. The zero-order valence-electron chi connectivity index (χ0n) is 16.0. The molecule has 2 aromatic carbocycles. The van der Waals surface area contributed by atoms with Gasteiger partial charge in [0.05, 0.1) is 11.4 Å². The Balaban J connectivity index is 1.56. The molecular formula is C20H24ClN3O3S. The van der Waals surface area contributed by atoms with Crippen LogP contribution in [0.25, 0.3) is 0 Å². The smallest absolute Gasteiger partial charge is 0.243 e. The Hall–Kier alpha value is -1.93. The molecule has 0 radical (unpaired) electrons.